The fourth-order valence-electron chi connectivity index (χ4n) is 4.73. The number of nitrogens with two attached hydrogens (primary N) is 1. The third-order valence-corrected chi connectivity index (χ3v) is 7.52. The van der Waals surface area contributed by atoms with Crippen molar-refractivity contribution in [2.45, 2.75) is 70.1 Å². The molecule has 1 heterocycles. The first kappa shape index (κ1) is 33.6. The molecule has 3 amide bonds. The highest BCUT2D eigenvalue weighted by Crippen LogP contribution is 2.19. The molecular formula is C31H39N5O8. The zero-order valence-corrected chi connectivity index (χ0v) is 24.6. The Labute approximate surface area is 254 Å². The largest absolute Gasteiger partial charge is 0.508 e. The van der Waals surface area contributed by atoms with E-state index in [0.29, 0.717) is 12.0 Å². The van der Waals surface area contributed by atoms with Gasteiger partial charge in [-0.25, -0.2) is 4.79 Å². The molecule has 3 aromatic rings. The van der Waals surface area contributed by atoms with Crippen molar-refractivity contribution in [1.29, 1.82) is 0 Å². The number of rotatable bonds is 16. The number of carboxylic acid groups (broad SMARTS) is 2. The average molecular weight is 610 g/mol. The van der Waals surface area contributed by atoms with Crippen molar-refractivity contribution in [1.82, 2.24) is 20.9 Å². The maximum absolute atomic E-state index is 13.4. The smallest absolute Gasteiger partial charge is 0.326 e. The average Bonchev–Trinajstić information content (AvgIpc) is 3.40. The van der Waals surface area contributed by atoms with Gasteiger partial charge in [0, 0.05) is 29.9 Å². The van der Waals surface area contributed by atoms with Gasteiger partial charge in [-0.3, -0.25) is 19.2 Å². The van der Waals surface area contributed by atoms with Crippen LogP contribution in [0.25, 0.3) is 10.9 Å². The zero-order chi connectivity index (χ0) is 32.4. The molecule has 0 fully saturated rings. The van der Waals surface area contributed by atoms with E-state index >= 15 is 0 Å². The zero-order valence-electron chi connectivity index (χ0n) is 24.6. The van der Waals surface area contributed by atoms with Crippen LogP contribution in [0.5, 0.6) is 5.75 Å². The minimum absolute atomic E-state index is 0.00710. The second-order valence-corrected chi connectivity index (χ2v) is 10.8. The number of aliphatic carboxylic acids is 2. The van der Waals surface area contributed by atoms with E-state index in [4.69, 9.17) is 5.73 Å². The minimum Gasteiger partial charge on any atom is -0.508 e. The van der Waals surface area contributed by atoms with E-state index in [9.17, 15) is 39.3 Å². The standard InChI is InChI=1S/C31H39N5O8/c1-3-17(2)27(30(42)35-25(31(43)44)14-18-8-10-20(37)11-9-18)36-29(41)24(12-13-26(38)39)34-28(40)22(32)15-19-16-33-23-7-5-4-6-21(19)23/h4-11,16-17,22,24-25,27,33,37H,3,12-15,32H2,1-2H3,(H,34,40)(H,35,42)(H,36,41)(H,38,39)(H,43,44). The van der Waals surface area contributed by atoms with Crippen LogP contribution in [0, 0.1) is 5.92 Å². The quantitative estimate of drug-likeness (QED) is 0.117. The number of hydrogen-bond donors (Lipinski definition) is 8. The van der Waals surface area contributed by atoms with Crippen molar-refractivity contribution < 1.29 is 39.3 Å². The first-order chi connectivity index (χ1) is 20.9. The molecule has 0 spiro atoms. The molecule has 0 aliphatic rings. The van der Waals surface area contributed by atoms with Gasteiger partial charge < -0.3 is 42.0 Å². The summed E-state index contributed by atoms with van der Waals surface area (Å²) in [6.07, 6.45) is 1.56. The summed E-state index contributed by atoms with van der Waals surface area (Å²) >= 11 is 0. The van der Waals surface area contributed by atoms with Gasteiger partial charge in [0.25, 0.3) is 0 Å². The lowest BCUT2D eigenvalue weighted by Gasteiger charge is -2.28. The molecule has 13 nitrogen and oxygen atoms in total. The van der Waals surface area contributed by atoms with Crippen molar-refractivity contribution >= 4 is 40.6 Å². The summed E-state index contributed by atoms with van der Waals surface area (Å²) in [6, 6.07) is 8.46. The number of nitrogens with one attached hydrogen (secondary N) is 4. The SMILES string of the molecule is CCC(C)C(NC(=O)C(CCC(=O)O)NC(=O)C(N)Cc1c[nH]c2ccccc12)C(=O)NC(Cc1ccc(O)cc1)C(=O)O. The maximum Gasteiger partial charge on any atom is 0.326 e. The van der Waals surface area contributed by atoms with Crippen molar-refractivity contribution in [2.24, 2.45) is 11.7 Å². The van der Waals surface area contributed by atoms with Crippen molar-refractivity contribution in [2.75, 3.05) is 0 Å². The Kier molecular flexibility index (Phi) is 11.9. The normalized spacial score (nSPS) is 14.5. The van der Waals surface area contributed by atoms with E-state index in [2.05, 4.69) is 20.9 Å². The number of amides is 3. The fourth-order valence-corrected chi connectivity index (χ4v) is 4.73. The number of aromatic amines is 1. The summed E-state index contributed by atoms with van der Waals surface area (Å²) < 4.78 is 0. The fraction of sp³-hybridized carbons (Fsp3) is 0.387. The molecule has 5 unspecified atom stereocenters. The Bertz CT molecular complexity index is 1470. The van der Waals surface area contributed by atoms with Gasteiger partial charge in [-0.2, -0.15) is 0 Å². The van der Waals surface area contributed by atoms with E-state index in [1.807, 2.05) is 24.3 Å². The van der Waals surface area contributed by atoms with Crippen LogP contribution in [-0.2, 0) is 36.8 Å². The molecule has 0 radical (unpaired) electrons. The molecule has 0 aliphatic heterocycles. The number of aromatic hydroxyl groups is 1. The molecule has 9 N–H and O–H groups in total. The van der Waals surface area contributed by atoms with Gasteiger partial charge in [0.15, 0.2) is 0 Å². The molecule has 2 aromatic carbocycles. The van der Waals surface area contributed by atoms with Gasteiger partial charge in [-0.1, -0.05) is 50.6 Å². The van der Waals surface area contributed by atoms with Crippen molar-refractivity contribution in [3.05, 3.63) is 65.9 Å². The molecule has 44 heavy (non-hydrogen) atoms. The van der Waals surface area contributed by atoms with E-state index in [1.165, 1.54) is 24.3 Å². The number of aromatic nitrogens is 1. The second-order valence-electron chi connectivity index (χ2n) is 10.8. The van der Waals surface area contributed by atoms with E-state index in [0.717, 1.165) is 16.5 Å². The second kappa shape index (κ2) is 15.5. The number of carbonyl (C=O) groups excluding carboxylic acids is 3. The van der Waals surface area contributed by atoms with Crippen LogP contribution >= 0.6 is 0 Å². The highest BCUT2D eigenvalue weighted by molar-refractivity contribution is 5.94. The molecule has 13 heteroatoms. The number of H-pyrrole nitrogens is 1. The third kappa shape index (κ3) is 9.30. The predicted octanol–water partition coefficient (Wildman–Crippen LogP) is 1.44. The predicted molar refractivity (Wildman–Crippen MR) is 162 cm³/mol. The van der Waals surface area contributed by atoms with Crippen LogP contribution in [-0.4, -0.2) is 74.1 Å². The molecule has 3 rings (SSSR count). The first-order valence-corrected chi connectivity index (χ1v) is 14.3. The molecule has 0 saturated heterocycles. The number of phenols is 1. The molecule has 0 aliphatic carbocycles. The third-order valence-electron chi connectivity index (χ3n) is 7.52. The summed E-state index contributed by atoms with van der Waals surface area (Å²) in [5.74, 6) is -5.14. The van der Waals surface area contributed by atoms with E-state index < -0.39 is 66.2 Å². The monoisotopic (exact) mass is 609 g/mol. The van der Waals surface area contributed by atoms with E-state index in [1.54, 1.807) is 20.0 Å². The van der Waals surface area contributed by atoms with Gasteiger partial charge in [0.05, 0.1) is 6.04 Å². The van der Waals surface area contributed by atoms with Crippen LogP contribution < -0.4 is 21.7 Å². The van der Waals surface area contributed by atoms with Gasteiger partial charge in [0.1, 0.15) is 23.9 Å². The lowest BCUT2D eigenvalue weighted by Crippen LogP contribution is -2.59. The summed E-state index contributed by atoms with van der Waals surface area (Å²) in [5, 5.41) is 37.0. The summed E-state index contributed by atoms with van der Waals surface area (Å²) in [7, 11) is 0. The van der Waals surface area contributed by atoms with Gasteiger partial charge in [0.2, 0.25) is 17.7 Å². The van der Waals surface area contributed by atoms with Crippen molar-refractivity contribution in [3.8, 4) is 5.75 Å². The Hall–Kier alpha value is -4.91. The molecule has 0 saturated carbocycles. The summed E-state index contributed by atoms with van der Waals surface area (Å²) in [5.41, 5.74) is 8.39. The highest BCUT2D eigenvalue weighted by Gasteiger charge is 2.33. The molecular weight excluding hydrogens is 570 g/mol. The summed E-state index contributed by atoms with van der Waals surface area (Å²) in [4.78, 5) is 66.1. The first-order valence-electron chi connectivity index (χ1n) is 14.3. The molecule has 236 valence electrons. The number of para-hydroxylation sites is 1. The minimum atomic E-state index is -1.33. The van der Waals surface area contributed by atoms with E-state index in [-0.39, 0.29) is 25.0 Å². The number of hydrogen-bond acceptors (Lipinski definition) is 7. The number of phenolic OH excluding ortho intramolecular Hbond substituents is 1. The topological polar surface area (TPSA) is 224 Å². The molecule has 5 atom stereocenters. The van der Waals surface area contributed by atoms with Crippen LogP contribution in [0.15, 0.2) is 54.7 Å². The lowest BCUT2D eigenvalue weighted by molar-refractivity contribution is -0.142. The van der Waals surface area contributed by atoms with Crippen LogP contribution in [0.4, 0.5) is 0 Å². The lowest BCUT2D eigenvalue weighted by atomic mass is 9.96. The Morgan fingerprint density at radius 1 is 0.864 bits per heavy atom. The Morgan fingerprint density at radius 2 is 1.52 bits per heavy atom. The number of carboxylic acids is 2. The Balaban J connectivity index is 1.72. The summed E-state index contributed by atoms with van der Waals surface area (Å²) in [6.45, 7) is 3.48. The number of benzene rings is 2. The van der Waals surface area contributed by atoms with Gasteiger partial charge in [-0.05, 0) is 48.1 Å². The Morgan fingerprint density at radius 3 is 2.16 bits per heavy atom. The van der Waals surface area contributed by atoms with Gasteiger partial charge >= 0.3 is 11.9 Å². The van der Waals surface area contributed by atoms with Crippen LogP contribution in [0.2, 0.25) is 0 Å². The number of carbonyl (C=O) groups is 5. The number of fused-ring (bicyclic) bond motifs is 1. The van der Waals surface area contributed by atoms with Crippen LogP contribution in [0.3, 0.4) is 0 Å². The van der Waals surface area contributed by atoms with Gasteiger partial charge in [-0.15, -0.1) is 0 Å². The molecule has 0 bridgehead atoms. The molecule has 1 aromatic heterocycles. The van der Waals surface area contributed by atoms with Crippen molar-refractivity contribution in [3.63, 3.8) is 0 Å². The maximum atomic E-state index is 13.4. The van der Waals surface area contributed by atoms with Crippen LogP contribution in [0.1, 0.15) is 44.2 Å². The highest BCUT2D eigenvalue weighted by atomic mass is 16.4.